The standard InChI is InChI=1S/C31H34N2O10S/c1-40-24-11-13-25(14-12-24)44(38,39)33(15-17-34)16-18-42-29-20-23(21-7-9-22(10-8-21)31(37)41-2)19-28(43-29)30(36)32-26-5-3-4-6-27(26)35/h3-14,19,23,29,34-35H,15-18,20H2,1-2H3,(H,32,36)/t23-,29+/m1/s1. The number of aliphatic hydroxyl groups excluding tert-OH is 1. The quantitative estimate of drug-likeness (QED) is 0.190. The summed E-state index contributed by atoms with van der Waals surface area (Å²) in [5.41, 5.74) is 1.32. The van der Waals surface area contributed by atoms with Gasteiger partial charge in [0.05, 0.1) is 43.6 Å². The molecule has 13 heteroatoms. The maximum Gasteiger partial charge on any atom is 0.337 e. The van der Waals surface area contributed by atoms with Crippen LogP contribution in [0.2, 0.25) is 0 Å². The fraction of sp³-hybridized carbons (Fsp3) is 0.290. The number of para-hydroxylation sites is 2. The Balaban J connectivity index is 1.51. The van der Waals surface area contributed by atoms with E-state index in [-0.39, 0.29) is 54.1 Å². The minimum atomic E-state index is -3.96. The second-order valence-corrected chi connectivity index (χ2v) is 11.6. The van der Waals surface area contributed by atoms with Crippen molar-refractivity contribution in [3.05, 3.63) is 95.8 Å². The molecule has 0 saturated carbocycles. The number of benzene rings is 3. The summed E-state index contributed by atoms with van der Waals surface area (Å²) in [5.74, 6) is -1.17. The summed E-state index contributed by atoms with van der Waals surface area (Å²) in [6, 6.07) is 18.8. The molecule has 0 aromatic heterocycles. The molecule has 1 aliphatic heterocycles. The van der Waals surface area contributed by atoms with Crippen LogP contribution < -0.4 is 10.1 Å². The molecule has 0 fully saturated rings. The Morgan fingerprint density at radius 2 is 1.70 bits per heavy atom. The number of carbonyl (C=O) groups excluding carboxylic acids is 2. The maximum atomic E-state index is 13.3. The van der Waals surface area contributed by atoms with Crippen LogP contribution in [0, 0.1) is 0 Å². The van der Waals surface area contributed by atoms with E-state index in [1.807, 2.05) is 0 Å². The number of esters is 1. The first kappa shape index (κ1) is 32.5. The van der Waals surface area contributed by atoms with Crippen LogP contribution in [-0.2, 0) is 29.0 Å². The SMILES string of the molecule is COC(=O)c1ccc([C@@H]2C=C(C(=O)Nc3ccccc3O)O[C@H](OCCN(CCO)S(=O)(=O)c3ccc(OC)cc3)C2)cc1. The van der Waals surface area contributed by atoms with Gasteiger partial charge in [0.1, 0.15) is 11.5 Å². The number of phenolic OH excluding ortho intramolecular Hbond substituents is 1. The smallest absolute Gasteiger partial charge is 0.337 e. The molecule has 3 aromatic carbocycles. The number of amides is 1. The van der Waals surface area contributed by atoms with Crippen molar-refractivity contribution in [2.24, 2.45) is 0 Å². The Morgan fingerprint density at radius 1 is 1.00 bits per heavy atom. The number of hydrogen-bond donors (Lipinski definition) is 3. The van der Waals surface area contributed by atoms with Gasteiger partial charge in [-0.05, 0) is 60.2 Å². The molecule has 0 unspecified atom stereocenters. The first-order valence-electron chi connectivity index (χ1n) is 13.7. The molecule has 234 valence electrons. The number of methoxy groups -OCH3 is 2. The molecule has 1 heterocycles. The van der Waals surface area contributed by atoms with Gasteiger partial charge in [0.15, 0.2) is 5.76 Å². The zero-order chi connectivity index (χ0) is 31.7. The number of nitrogens with one attached hydrogen (secondary N) is 1. The second-order valence-electron chi connectivity index (χ2n) is 9.68. The number of aromatic hydroxyl groups is 1. The predicted octanol–water partition coefficient (Wildman–Crippen LogP) is 3.24. The number of nitrogens with zero attached hydrogens (tertiary/aromatic N) is 1. The maximum absolute atomic E-state index is 13.3. The van der Waals surface area contributed by atoms with Crippen LogP contribution in [0.15, 0.2) is 89.5 Å². The Hall–Kier alpha value is -4.43. The van der Waals surface area contributed by atoms with E-state index < -0.39 is 34.8 Å². The van der Waals surface area contributed by atoms with E-state index in [2.05, 4.69) is 5.32 Å². The van der Waals surface area contributed by atoms with Crippen LogP contribution in [0.3, 0.4) is 0 Å². The molecule has 2 atom stereocenters. The third-order valence-electron chi connectivity index (χ3n) is 6.88. The molecule has 4 rings (SSSR count). The van der Waals surface area contributed by atoms with Crippen molar-refractivity contribution in [3.8, 4) is 11.5 Å². The molecule has 0 bridgehead atoms. The Bertz CT molecular complexity index is 1570. The van der Waals surface area contributed by atoms with Gasteiger partial charge in [0.2, 0.25) is 16.3 Å². The highest BCUT2D eigenvalue weighted by atomic mass is 32.2. The topological polar surface area (TPSA) is 161 Å². The predicted molar refractivity (Wildman–Crippen MR) is 160 cm³/mol. The van der Waals surface area contributed by atoms with Gasteiger partial charge in [-0.2, -0.15) is 4.31 Å². The monoisotopic (exact) mass is 626 g/mol. The van der Waals surface area contributed by atoms with Crippen LogP contribution in [0.1, 0.15) is 28.3 Å². The van der Waals surface area contributed by atoms with E-state index in [0.717, 1.165) is 9.87 Å². The number of anilines is 1. The van der Waals surface area contributed by atoms with Gasteiger partial charge >= 0.3 is 5.97 Å². The molecule has 0 radical (unpaired) electrons. The van der Waals surface area contributed by atoms with Gasteiger partial charge in [-0.15, -0.1) is 0 Å². The normalized spacial score (nSPS) is 16.5. The summed E-state index contributed by atoms with van der Waals surface area (Å²) >= 11 is 0. The minimum absolute atomic E-state index is 0.0298. The number of rotatable bonds is 13. The van der Waals surface area contributed by atoms with Crippen LogP contribution in [-0.4, -0.2) is 81.6 Å². The average molecular weight is 627 g/mol. The van der Waals surface area contributed by atoms with E-state index in [1.54, 1.807) is 42.5 Å². The molecule has 3 N–H and O–H groups in total. The lowest BCUT2D eigenvalue weighted by molar-refractivity contribution is -0.143. The van der Waals surface area contributed by atoms with Crippen molar-refractivity contribution in [2.75, 3.05) is 45.8 Å². The van der Waals surface area contributed by atoms with Crippen molar-refractivity contribution in [2.45, 2.75) is 23.5 Å². The van der Waals surface area contributed by atoms with Crippen molar-refractivity contribution >= 4 is 27.6 Å². The highest BCUT2D eigenvalue weighted by Crippen LogP contribution is 2.33. The van der Waals surface area contributed by atoms with Gasteiger partial charge in [0, 0.05) is 25.4 Å². The third-order valence-corrected chi connectivity index (χ3v) is 8.80. The Kier molecular flexibility index (Phi) is 11.0. The van der Waals surface area contributed by atoms with E-state index in [9.17, 15) is 28.2 Å². The summed E-state index contributed by atoms with van der Waals surface area (Å²) in [7, 11) is -1.19. The number of phenols is 1. The molecule has 1 aliphatic rings. The molecule has 1 amide bonds. The number of ether oxygens (including phenoxy) is 4. The van der Waals surface area contributed by atoms with Gasteiger partial charge in [0.25, 0.3) is 5.91 Å². The van der Waals surface area contributed by atoms with E-state index in [4.69, 9.17) is 18.9 Å². The summed E-state index contributed by atoms with van der Waals surface area (Å²) in [6.45, 7) is -0.774. The van der Waals surface area contributed by atoms with Crippen LogP contribution in [0.4, 0.5) is 5.69 Å². The molecule has 0 saturated heterocycles. The van der Waals surface area contributed by atoms with Gasteiger partial charge < -0.3 is 34.5 Å². The summed E-state index contributed by atoms with van der Waals surface area (Å²) in [5, 5.41) is 22.3. The summed E-state index contributed by atoms with van der Waals surface area (Å²) < 4.78 is 49.3. The van der Waals surface area contributed by atoms with Crippen LogP contribution in [0.25, 0.3) is 0 Å². The number of aliphatic hydroxyl groups is 1. The molecule has 44 heavy (non-hydrogen) atoms. The number of sulfonamides is 1. The lowest BCUT2D eigenvalue weighted by Crippen LogP contribution is -2.37. The number of carbonyl (C=O) groups is 2. The molecular weight excluding hydrogens is 592 g/mol. The Morgan fingerprint density at radius 3 is 2.34 bits per heavy atom. The number of allylic oxidation sites excluding steroid dienone is 1. The lowest BCUT2D eigenvalue weighted by Gasteiger charge is -2.30. The molecule has 0 spiro atoms. The highest BCUT2D eigenvalue weighted by Gasteiger charge is 2.30. The average Bonchev–Trinajstić information content (AvgIpc) is 3.05. The van der Waals surface area contributed by atoms with E-state index in [0.29, 0.717) is 11.3 Å². The molecular formula is C31H34N2O10S. The zero-order valence-electron chi connectivity index (χ0n) is 24.2. The van der Waals surface area contributed by atoms with Crippen LogP contribution >= 0.6 is 0 Å². The lowest BCUT2D eigenvalue weighted by atomic mass is 9.92. The van der Waals surface area contributed by atoms with Crippen molar-refractivity contribution in [3.63, 3.8) is 0 Å². The molecule has 12 nitrogen and oxygen atoms in total. The zero-order valence-corrected chi connectivity index (χ0v) is 25.0. The summed E-state index contributed by atoms with van der Waals surface area (Å²) in [4.78, 5) is 25.1. The van der Waals surface area contributed by atoms with Gasteiger partial charge in [-0.25, -0.2) is 13.2 Å². The third kappa shape index (κ3) is 7.94. The molecule has 0 aliphatic carbocycles. The first-order valence-corrected chi connectivity index (χ1v) is 15.1. The van der Waals surface area contributed by atoms with Gasteiger partial charge in [-0.3, -0.25) is 4.79 Å². The largest absolute Gasteiger partial charge is 0.506 e. The number of hydrogen-bond acceptors (Lipinski definition) is 10. The summed E-state index contributed by atoms with van der Waals surface area (Å²) in [6.07, 6.45) is 0.945. The fourth-order valence-corrected chi connectivity index (χ4v) is 5.96. The Labute approximate surface area is 255 Å². The second kappa shape index (κ2) is 14.8. The van der Waals surface area contributed by atoms with Crippen LogP contribution in [0.5, 0.6) is 11.5 Å². The van der Waals surface area contributed by atoms with E-state index in [1.165, 1.54) is 50.6 Å². The van der Waals surface area contributed by atoms with Crippen molar-refractivity contribution < 1.29 is 47.2 Å². The fourth-order valence-electron chi connectivity index (χ4n) is 4.54. The van der Waals surface area contributed by atoms with E-state index >= 15 is 0 Å². The molecule has 3 aromatic rings. The highest BCUT2D eigenvalue weighted by molar-refractivity contribution is 7.89. The van der Waals surface area contributed by atoms with Gasteiger partial charge in [-0.1, -0.05) is 24.3 Å². The van der Waals surface area contributed by atoms with Crippen molar-refractivity contribution in [1.29, 1.82) is 0 Å². The van der Waals surface area contributed by atoms with Crippen molar-refractivity contribution in [1.82, 2.24) is 4.31 Å². The minimum Gasteiger partial charge on any atom is -0.506 e. The first-order chi connectivity index (χ1) is 21.2.